The molecule has 8 heteroatoms. The second-order valence-electron chi connectivity index (χ2n) is 5.47. The Balaban J connectivity index is 1.59. The normalized spacial score (nSPS) is 18.9. The molecule has 1 fully saturated rings. The van der Waals surface area contributed by atoms with Crippen molar-refractivity contribution in [2.45, 2.75) is 19.2 Å². The lowest BCUT2D eigenvalue weighted by Crippen LogP contribution is -2.26. The van der Waals surface area contributed by atoms with Crippen molar-refractivity contribution in [1.29, 1.82) is 0 Å². The molecule has 2 aromatic rings. The van der Waals surface area contributed by atoms with Gasteiger partial charge in [-0.2, -0.15) is 4.98 Å². The number of anilines is 1. The van der Waals surface area contributed by atoms with Crippen LogP contribution >= 0.6 is 0 Å². The molecule has 0 radical (unpaired) electrons. The minimum atomic E-state index is -0.960. The van der Waals surface area contributed by atoms with Crippen molar-refractivity contribution in [2.75, 3.05) is 18.2 Å². The number of rotatable bonds is 3. The molecule has 3 heterocycles. The molecule has 1 aromatic carbocycles. The zero-order valence-electron chi connectivity index (χ0n) is 12.0. The molecule has 0 spiro atoms. The zero-order valence-corrected chi connectivity index (χ0v) is 12.0. The van der Waals surface area contributed by atoms with Crippen LogP contribution in [0.25, 0.3) is 0 Å². The van der Waals surface area contributed by atoms with Crippen molar-refractivity contribution < 1.29 is 18.3 Å². The van der Waals surface area contributed by atoms with Crippen molar-refractivity contribution in [3.8, 4) is 5.88 Å². The third-order valence-electron chi connectivity index (χ3n) is 4.04. The van der Waals surface area contributed by atoms with Crippen molar-refractivity contribution in [3.05, 3.63) is 51.9 Å². The molecule has 23 heavy (non-hydrogen) atoms. The molecule has 0 unspecified atom stereocenters. The average molecular weight is 321 g/mol. The smallest absolute Gasteiger partial charge is 0.352 e. The van der Waals surface area contributed by atoms with Crippen molar-refractivity contribution in [2.24, 2.45) is 0 Å². The van der Waals surface area contributed by atoms with Crippen molar-refractivity contribution in [1.82, 2.24) is 9.55 Å². The zero-order chi connectivity index (χ0) is 16.0. The van der Waals surface area contributed by atoms with Crippen molar-refractivity contribution in [3.63, 3.8) is 0 Å². The monoisotopic (exact) mass is 321 g/mol. The minimum absolute atomic E-state index is 0.0646. The minimum Gasteiger partial charge on any atom is -0.472 e. The summed E-state index contributed by atoms with van der Waals surface area (Å²) in [6.45, 7) is 1.29. The molecular weight excluding hydrogens is 308 g/mol. The van der Waals surface area contributed by atoms with Crippen LogP contribution in [0, 0.1) is 11.6 Å². The van der Waals surface area contributed by atoms with Gasteiger partial charge in [0.1, 0.15) is 19.2 Å². The number of nitrogens with zero attached hydrogens (tertiary/aromatic N) is 3. The molecule has 0 N–H and O–H groups in total. The van der Waals surface area contributed by atoms with Gasteiger partial charge in [0, 0.05) is 11.6 Å². The maximum absolute atomic E-state index is 13.6. The van der Waals surface area contributed by atoms with Gasteiger partial charge in [-0.1, -0.05) is 12.1 Å². The van der Waals surface area contributed by atoms with E-state index < -0.39 is 17.3 Å². The third kappa shape index (κ3) is 2.35. The third-order valence-corrected chi connectivity index (χ3v) is 4.04. The summed E-state index contributed by atoms with van der Waals surface area (Å²) in [5.74, 6) is -1.15. The van der Waals surface area contributed by atoms with Gasteiger partial charge in [-0.05, 0) is 6.07 Å². The molecule has 0 bridgehead atoms. The number of fused-ring (bicyclic) bond motifs is 3. The van der Waals surface area contributed by atoms with Gasteiger partial charge in [0.15, 0.2) is 11.6 Å². The molecule has 1 saturated heterocycles. The predicted octanol–water partition coefficient (Wildman–Crippen LogP) is 1.28. The fraction of sp³-hybridized carbons (Fsp3) is 0.333. The summed E-state index contributed by atoms with van der Waals surface area (Å²) < 4.78 is 39.1. The largest absolute Gasteiger partial charge is 0.472 e. The van der Waals surface area contributed by atoms with E-state index >= 15 is 0 Å². The van der Waals surface area contributed by atoms with Gasteiger partial charge in [-0.3, -0.25) is 4.57 Å². The first-order valence-electron chi connectivity index (χ1n) is 7.15. The summed E-state index contributed by atoms with van der Waals surface area (Å²) in [5, 5.41) is 0. The quantitative estimate of drug-likeness (QED) is 0.852. The molecule has 4 rings (SSSR count). The summed E-state index contributed by atoms with van der Waals surface area (Å²) >= 11 is 0. The summed E-state index contributed by atoms with van der Waals surface area (Å²) in [4.78, 5) is 17.9. The molecule has 2 aliphatic rings. The van der Waals surface area contributed by atoms with Gasteiger partial charge >= 0.3 is 5.69 Å². The van der Waals surface area contributed by atoms with Crippen LogP contribution in [-0.4, -0.2) is 28.9 Å². The van der Waals surface area contributed by atoms with Crippen LogP contribution < -0.4 is 15.3 Å². The van der Waals surface area contributed by atoms with E-state index in [1.165, 1.54) is 12.1 Å². The molecular formula is C15H13F2N3O3. The molecule has 1 aromatic heterocycles. The fourth-order valence-electron chi connectivity index (χ4n) is 2.87. The van der Waals surface area contributed by atoms with Gasteiger partial charge < -0.3 is 14.4 Å². The second-order valence-corrected chi connectivity index (χ2v) is 5.47. The molecule has 0 saturated carbocycles. The van der Waals surface area contributed by atoms with Gasteiger partial charge in [0.25, 0.3) is 0 Å². The lowest BCUT2D eigenvalue weighted by Gasteiger charge is -2.15. The first-order chi connectivity index (χ1) is 11.1. The van der Waals surface area contributed by atoms with E-state index in [4.69, 9.17) is 9.47 Å². The van der Waals surface area contributed by atoms with E-state index in [2.05, 4.69) is 4.98 Å². The Labute approximate surface area is 129 Å². The lowest BCUT2D eigenvalue weighted by molar-refractivity contribution is 0.189. The molecule has 0 amide bonds. The number of hydrogen-bond acceptors (Lipinski definition) is 5. The number of ether oxygens (including phenoxy) is 2. The predicted molar refractivity (Wildman–Crippen MR) is 76.3 cm³/mol. The SMILES string of the molecule is O=c1nc(OCc2cccc(F)c2F)cc2n1C[C@@H]1COCN21. The van der Waals surface area contributed by atoms with Crippen LogP contribution in [0.5, 0.6) is 5.88 Å². The average Bonchev–Trinajstić information content (AvgIpc) is 3.11. The van der Waals surface area contributed by atoms with Crippen LogP contribution in [0.1, 0.15) is 5.56 Å². The van der Waals surface area contributed by atoms with Crippen LogP contribution in [0.3, 0.4) is 0 Å². The van der Waals surface area contributed by atoms with E-state index in [1.54, 1.807) is 10.6 Å². The highest BCUT2D eigenvalue weighted by Crippen LogP contribution is 2.29. The fourth-order valence-corrected chi connectivity index (χ4v) is 2.87. The summed E-state index contributed by atoms with van der Waals surface area (Å²) in [5.41, 5.74) is -0.360. The van der Waals surface area contributed by atoms with Gasteiger partial charge in [0.2, 0.25) is 5.88 Å². The standard InChI is InChI=1S/C15H13F2N3O3/c16-11-3-1-2-9(14(11)17)6-23-12-4-13-19(15(21)18-12)5-10-7-22-8-20(10)13/h1-4,10H,5-8H2/t10-/m1/s1. The van der Waals surface area contributed by atoms with E-state index in [0.717, 1.165) is 6.07 Å². The molecule has 6 nitrogen and oxygen atoms in total. The Morgan fingerprint density at radius 2 is 2.26 bits per heavy atom. The first-order valence-corrected chi connectivity index (χ1v) is 7.15. The summed E-state index contributed by atoms with van der Waals surface area (Å²) in [7, 11) is 0. The Bertz CT molecular complexity index is 824. The maximum Gasteiger partial charge on any atom is 0.352 e. The number of hydrogen-bond donors (Lipinski definition) is 0. The van der Waals surface area contributed by atoms with Gasteiger partial charge in [0.05, 0.1) is 19.2 Å². The summed E-state index contributed by atoms with van der Waals surface area (Å²) in [6, 6.07) is 5.59. The number of benzene rings is 1. The number of halogens is 2. The highest BCUT2D eigenvalue weighted by atomic mass is 19.2. The highest BCUT2D eigenvalue weighted by molar-refractivity contribution is 5.47. The van der Waals surface area contributed by atoms with E-state index in [1.807, 2.05) is 4.90 Å². The van der Waals surface area contributed by atoms with Crippen LogP contribution in [0.15, 0.2) is 29.1 Å². The van der Waals surface area contributed by atoms with Crippen molar-refractivity contribution >= 4 is 5.82 Å². The van der Waals surface area contributed by atoms with Gasteiger partial charge in [-0.25, -0.2) is 13.6 Å². The van der Waals surface area contributed by atoms with E-state index in [0.29, 0.717) is 25.7 Å². The molecule has 0 aliphatic carbocycles. The molecule has 1 atom stereocenters. The second kappa shape index (κ2) is 5.31. The first kappa shape index (κ1) is 14.1. The van der Waals surface area contributed by atoms with Gasteiger partial charge in [-0.15, -0.1) is 0 Å². The Kier molecular flexibility index (Phi) is 3.26. The van der Waals surface area contributed by atoms with Crippen LogP contribution in [-0.2, 0) is 17.9 Å². The van der Waals surface area contributed by atoms with Crippen LogP contribution in [0.4, 0.5) is 14.6 Å². The van der Waals surface area contributed by atoms with E-state index in [9.17, 15) is 13.6 Å². The topological polar surface area (TPSA) is 56.6 Å². The van der Waals surface area contributed by atoms with E-state index in [-0.39, 0.29) is 24.1 Å². The van der Waals surface area contributed by atoms with Crippen LogP contribution in [0.2, 0.25) is 0 Å². The maximum atomic E-state index is 13.6. The Morgan fingerprint density at radius 3 is 3.13 bits per heavy atom. The lowest BCUT2D eigenvalue weighted by atomic mass is 10.2. The Morgan fingerprint density at radius 1 is 1.39 bits per heavy atom. The summed E-state index contributed by atoms with van der Waals surface area (Å²) in [6.07, 6.45) is 0. The number of aromatic nitrogens is 2. The molecule has 2 aliphatic heterocycles. The molecule has 120 valence electrons. The highest BCUT2D eigenvalue weighted by Gasteiger charge is 2.35. The Hall–Kier alpha value is -2.48.